The highest BCUT2D eigenvalue weighted by atomic mass is 35.5. The van der Waals surface area contributed by atoms with Gasteiger partial charge in [-0.25, -0.2) is 22.9 Å². The zero-order valence-corrected chi connectivity index (χ0v) is 21.5. The molecule has 0 radical (unpaired) electrons. The highest BCUT2D eigenvalue weighted by molar-refractivity contribution is 7.70. The minimum atomic E-state index is -2.74. The van der Waals surface area contributed by atoms with Gasteiger partial charge in [0, 0.05) is 18.0 Å². The van der Waals surface area contributed by atoms with Gasteiger partial charge in [-0.1, -0.05) is 35.9 Å². The van der Waals surface area contributed by atoms with Gasteiger partial charge in [0.15, 0.2) is 23.3 Å². The number of carbonyl (C=O) groups is 2. The molecule has 1 aliphatic rings. The zero-order chi connectivity index (χ0) is 26.9. The molecule has 7 nitrogen and oxygen atoms in total. The van der Waals surface area contributed by atoms with Crippen LogP contribution in [0.3, 0.4) is 0 Å². The first-order valence-electron chi connectivity index (χ1n) is 11.3. The van der Waals surface area contributed by atoms with Crippen LogP contribution in [0.15, 0.2) is 48.7 Å². The largest absolute Gasteiger partial charge is 0.326 e. The number of aromatic nitrogens is 1. The second-order valence-electron chi connectivity index (χ2n) is 8.92. The van der Waals surface area contributed by atoms with E-state index < -0.39 is 54.1 Å². The predicted octanol–water partition coefficient (Wildman–Crippen LogP) is 5.38. The molecule has 1 unspecified atom stereocenters. The lowest BCUT2D eigenvalue weighted by atomic mass is 10.0. The molecule has 2 N–H and O–H groups in total. The molecule has 3 amide bonds. The summed E-state index contributed by atoms with van der Waals surface area (Å²) < 4.78 is 57.2. The van der Waals surface area contributed by atoms with Crippen LogP contribution >= 0.6 is 18.7 Å². The van der Waals surface area contributed by atoms with Crippen molar-refractivity contribution in [1.29, 1.82) is 0 Å². The van der Waals surface area contributed by atoms with Crippen LogP contribution in [0.5, 0.6) is 0 Å². The first kappa shape index (κ1) is 26.7. The maximum absolute atomic E-state index is 15.3. The first-order valence-corrected chi connectivity index (χ1v) is 14.3. The van der Waals surface area contributed by atoms with E-state index in [4.69, 9.17) is 11.6 Å². The number of anilines is 2. The lowest BCUT2D eigenvalue weighted by Gasteiger charge is -2.33. The topological polar surface area (TPSA) is 91.4 Å². The molecule has 2 aromatic carbocycles. The van der Waals surface area contributed by atoms with Crippen LogP contribution in [0, 0.1) is 17.5 Å². The van der Waals surface area contributed by atoms with Gasteiger partial charge in [-0.2, -0.15) is 0 Å². The number of urea groups is 1. The maximum Gasteiger partial charge on any atom is 0.321 e. The minimum absolute atomic E-state index is 0.0366. The highest BCUT2D eigenvalue weighted by Gasteiger charge is 2.34. The molecular formula is C25H23ClF3N4O3P. The Bertz CT molecular complexity index is 1410. The van der Waals surface area contributed by atoms with E-state index in [2.05, 4.69) is 15.6 Å². The number of halogens is 4. The van der Waals surface area contributed by atoms with E-state index >= 15 is 8.78 Å². The third kappa shape index (κ3) is 5.81. The second kappa shape index (κ2) is 10.6. The molecule has 4 rings (SSSR count). The number of rotatable bonds is 5. The molecule has 37 heavy (non-hydrogen) atoms. The normalized spacial score (nSPS) is 16.0. The molecule has 1 atom stereocenters. The van der Waals surface area contributed by atoms with Crippen molar-refractivity contribution >= 4 is 47.5 Å². The summed E-state index contributed by atoms with van der Waals surface area (Å²) in [5.41, 5.74) is 0.0819. The van der Waals surface area contributed by atoms with Crippen molar-refractivity contribution in [3.63, 3.8) is 0 Å². The summed E-state index contributed by atoms with van der Waals surface area (Å²) in [5.74, 6) is -3.93. The van der Waals surface area contributed by atoms with Gasteiger partial charge < -0.3 is 14.8 Å². The maximum atomic E-state index is 15.3. The van der Waals surface area contributed by atoms with E-state index in [1.54, 1.807) is 37.6 Å². The van der Waals surface area contributed by atoms with Crippen molar-refractivity contribution in [2.45, 2.75) is 18.9 Å². The number of pyridine rings is 1. The van der Waals surface area contributed by atoms with E-state index in [-0.39, 0.29) is 23.6 Å². The van der Waals surface area contributed by atoms with E-state index in [1.165, 1.54) is 0 Å². The monoisotopic (exact) mass is 550 g/mol. The van der Waals surface area contributed by atoms with Crippen molar-refractivity contribution in [3.8, 4) is 11.1 Å². The fraction of sp³-hybridized carbons (Fsp3) is 0.240. The van der Waals surface area contributed by atoms with Gasteiger partial charge in [-0.3, -0.25) is 10.1 Å². The van der Waals surface area contributed by atoms with Crippen LogP contribution in [-0.4, -0.2) is 42.8 Å². The second-order valence-corrected chi connectivity index (χ2v) is 12.5. The van der Waals surface area contributed by atoms with Crippen LogP contribution in [0.2, 0.25) is 5.02 Å². The molecule has 1 aliphatic heterocycles. The van der Waals surface area contributed by atoms with Crippen molar-refractivity contribution in [2.24, 2.45) is 0 Å². The van der Waals surface area contributed by atoms with Crippen LogP contribution < -0.4 is 20.8 Å². The van der Waals surface area contributed by atoms with Gasteiger partial charge in [-0.05, 0) is 55.5 Å². The van der Waals surface area contributed by atoms with E-state index in [1.807, 2.05) is 0 Å². The Labute approximate surface area is 216 Å². The zero-order valence-electron chi connectivity index (χ0n) is 19.9. The number of hydrogen-bond acceptors (Lipinski definition) is 4. The lowest BCUT2D eigenvalue weighted by Crippen LogP contribution is -2.53. The summed E-state index contributed by atoms with van der Waals surface area (Å²) in [5, 5.41) is 5.12. The molecule has 3 aromatic rings. The Morgan fingerprint density at radius 1 is 1.11 bits per heavy atom. The molecule has 0 aliphatic carbocycles. The van der Waals surface area contributed by atoms with Crippen LogP contribution in [-0.2, 0) is 9.36 Å². The number of carbonyl (C=O) groups excluding carboxylic acids is 2. The van der Waals surface area contributed by atoms with Gasteiger partial charge in [0.05, 0.1) is 5.02 Å². The van der Waals surface area contributed by atoms with Crippen molar-refractivity contribution in [2.75, 3.05) is 30.1 Å². The van der Waals surface area contributed by atoms with E-state index in [0.29, 0.717) is 17.3 Å². The molecular weight excluding hydrogens is 528 g/mol. The average Bonchev–Trinajstić information content (AvgIpc) is 2.82. The van der Waals surface area contributed by atoms with Gasteiger partial charge in [0.2, 0.25) is 5.91 Å². The smallest absolute Gasteiger partial charge is 0.321 e. The average molecular weight is 551 g/mol. The summed E-state index contributed by atoms with van der Waals surface area (Å²) in [6.45, 7) is 3.18. The van der Waals surface area contributed by atoms with Crippen LogP contribution in [0.1, 0.15) is 12.8 Å². The Kier molecular flexibility index (Phi) is 7.62. The quantitative estimate of drug-likeness (QED) is 0.417. The Morgan fingerprint density at radius 2 is 1.78 bits per heavy atom. The van der Waals surface area contributed by atoms with Crippen molar-refractivity contribution in [1.82, 2.24) is 10.3 Å². The number of amides is 3. The molecule has 1 fully saturated rings. The third-order valence-electron chi connectivity index (χ3n) is 5.87. The molecule has 1 aromatic heterocycles. The summed E-state index contributed by atoms with van der Waals surface area (Å²) in [4.78, 5) is 30.1. The number of nitrogens with one attached hydrogen (secondary N) is 2. The SMILES string of the molecule is CP(C)(=O)c1ccccc1-c1cc(F)c(N2CCCC(NC(=O)Nc3ncc(Cl)cc3F)C2=O)c(F)c1. The molecule has 2 heterocycles. The fourth-order valence-corrected chi connectivity index (χ4v) is 5.58. The predicted molar refractivity (Wildman–Crippen MR) is 138 cm³/mol. The summed E-state index contributed by atoms with van der Waals surface area (Å²) >= 11 is 5.65. The number of hydrogen-bond donors (Lipinski definition) is 2. The third-order valence-corrected chi connectivity index (χ3v) is 7.62. The molecule has 0 spiro atoms. The summed E-state index contributed by atoms with van der Waals surface area (Å²) in [7, 11) is -2.74. The Hall–Kier alpha value is -3.36. The van der Waals surface area contributed by atoms with E-state index in [9.17, 15) is 18.5 Å². The number of piperidine rings is 1. The number of nitrogens with zero attached hydrogens (tertiary/aromatic N) is 2. The minimum Gasteiger partial charge on any atom is -0.326 e. The van der Waals surface area contributed by atoms with Gasteiger partial charge >= 0.3 is 6.03 Å². The molecule has 12 heteroatoms. The molecule has 0 bridgehead atoms. The van der Waals surface area contributed by atoms with Gasteiger partial charge in [-0.15, -0.1) is 0 Å². The Morgan fingerprint density at radius 3 is 2.43 bits per heavy atom. The summed E-state index contributed by atoms with van der Waals surface area (Å²) in [6, 6.07) is 7.81. The van der Waals surface area contributed by atoms with Gasteiger partial charge in [0.1, 0.15) is 18.9 Å². The Balaban J connectivity index is 1.56. The number of benzene rings is 2. The van der Waals surface area contributed by atoms with E-state index in [0.717, 1.165) is 29.3 Å². The van der Waals surface area contributed by atoms with Crippen LogP contribution in [0.25, 0.3) is 11.1 Å². The summed E-state index contributed by atoms with van der Waals surface area (Å²) in [6.07, 6.45) is 1.71. The lowest BCUT2D eigenvalue weighted by molar-refractivity contribution is -0.121. The first-order chi connectivity index (χ1) is 17.5. The standard InChI is InChI=1S/C25H23ClF3N4O3P/c1-37(2,36)21-8-4-3-6-16(21)14-10-17(27)22(18(28)11-14)33-9-5-7-20(24(33)34)31-25(35)32-23-19(29)12-15(26)13-30-23/h3-4,6,8,10-13,20H,5,7,9H2,1-2H3,(H2,30,31,32,35). The highest BCUT2D eigenvalue weighted by Crippen LogP contribution is 2.40. The van der Waals surface area contributed by atoms with Crippen molar-refractivity contribution in [3.05, 3.63) is 71.1 Å². The molecule has 0 saturated carbocycles. The van der Waals surface area contributed by atoms with Gasteiger partial charge in [0.25, 0.3) is 0 Å². The molecule has 194 valence electrons. The molecule has 1 saturated heterocycles. The fourth-order valence-electron chi connectivity index (χ4n) is 4.21. The van der Waals surface area contributed by atoms with Crippen LogP contribution in [0.4, 0.5) is 29.5 Å². The van der Waals surface area contributed by atoms with Crippen molar-refractivity contribution < 1.29 is 27.3 Å².